The van der Waals surface area contributed by atoms with Gasteiger partial charge in [0.2, 0.25) is 0 Å². The van der Waals surface area contributed by atoms with Crippen molar-refractivity contribution in [1.29, 1.82) is 5.26 Å². The van der Waals surface area contributed by atoms with Crippen LogP contribution >= 0.6 is 0 Å². The lowest BCUT2D eigenvalue weighted by Gasteiger charge is -2.31. The van der Waals surface area contributed by atoms with Crippen LogP contribution in [0.3, 0.4) is 0 Å². The monoisotopic (exact) mass is 529 g/mol. The topological polar surface area (TPSA) is 23.8 Å². The Kier molecular flexibility index (Phi) is 9.26. The van der Waals surface area contributed by atoms with Gasteiger partial charge in [-0.05, 0) is 148 Å². The van der Waals surface area contributed by atoms with Crippen molar-refractivity contribution in [2.45, 2.75) is 118 Å². The van der Waals surface area contributed by atoms with E-state index in [1.54, 1.807) is 27.8 Å². The summed E-state index contributed by atoms with van der Waals surface area (Å²) in [4.78, 5) is 0. The van der Waals surface area contributed by atoms with Crippen molar-refractivity contribution in [3.63, 3.8) is 0 Å². The van der Waals surface area contributed by atoms with Gasteiger partial charge >= 0.3 is 0 Å². The molecule has 1 heteroatoms. The SMILES string of the molecule is CCCCc1cc(C#N)c(CCCC)c2c1Cc1c(c(CCCC)c3cc4ccccc4cc3c1CCCC)C2. The quantitative estimate of drug-likeness (QED) is 0.147. The van der Waals surface area contributed by atoms with E-state index >= 15 is 0 Å². The molecule has 40 heavy (non-hydrogen) atoms. The molecule has 1 aliphatic carbocycles. The molecule has 0 spiro atoms. The number of fused-ring (bicyclic) bond motifs is 4. The largest absolute Gasteiger partial charge is 0.192 e. The Morgan fingerprint density at radius 2 is 1.02 bits per heavy atom. The van der Waals surface area contributed by atoms with Crippen molar-refractivity contribution in [2.75, 3.05) is 0 Å². The summed E-state index contributed by atoms with van der Waals surface area (Å²) in [5.74, 6) is 0. The lowest BCUT2D eigenvalue weighted by atomic mass is 9.73. The van der Waals surface area contributed by atoms with Gasteiger partial charge in [-0.1, -0.05) is 77.6 Å². The minimum Gasteiger partial charge on any atom is -0.192 e. The Labute approximate surface area is 242 Å². The Morgan fingerprint density at radius 1 is 0.575 bits per heavy atom. The zero-order valence-electron chi connectivity index (χ0n) is 25.4. The van der Waals surface area contributed by atoms with Gasteiger partial charge in [0.25, 0.3) is 0 Å². The first-order chi connectivity index (χ1) is 19.6. The third-order valence-corrected chi connectivity index (χ3v) is 9.36. The second-order valence-corrected chi connectivity index (χ2v) is 12.1. The van der Waals surface area contributed by atoms with E-state index in [4.69, 9.17) is 0 Å². The first kappa shape index (κ1) is 28.4. The molecule has 0 N–H and O–H groups in total. The highest BCUT2D eigenvalue weighted by molar-refractivity contribution is 6.02. The van der Waals surface area contributed by atoms with E-state index in [1.807, 2.05) is 0 Å². The zero-order chi connectivity index (χ0) is 28.1. The standard InChI is InChI=1S/C39H47N/c1-5-9-15-29-21-30(26-40)31(18-10-6-2)37-25-39-33(20-12-8-4)36-23-28-17-14-13-16-27(28)22-35(36)32(19-11-7-3)38(39)24-34(29)37/h13-14,16-17,21-23H,5-12,15,18-20,24-25H2,1-4H3. The number of rotatable bonds is 12. The number of nitrogens with zero attached hydrogens (tertiary/aromatic N) is 1. The summed E-state index contributed by atoms with van der Waals surface area (Å²) in [6.45, 7) is 9.18. The van der Waals surface area contributed by atoms with Gasteiger partial charge in [0, 0.05) is 0 Å². The van der Waals surface area contributed by atoms with Crippen LogP contribution in [0, 0.1) is 11.3 Å². The molecular weight excluding hydrogens is 482 g/mol. The predicted molar refractivity (Wildman–Crippen MR) is 173 cm³/mol. The van der Waals surface area contributed by atoms with Gasteiger partial charge in [0.1, 0.15) is 0 Å². The van der Waals surface area contributed by atoms with Crippen LogP contribution in [0.2, 0.25) is 0 Å². The molecule has 0 fully saturated rings. The molecule has 0 bridgehead atoms. The van der Waals surface area contributed by atoms with E-state index in [0.717, 1.165) is 56.9 Å². The number of hydrogen-bond acceptors (Lipinski definition) is 1. The average Bonchev–Trinajstić information content (AvgIpc) is 2.99. The van der Waals surface area contributed by atoms with E-state index in [-0.39, 0.29) is 0 Å². The van der Waals surface area contributed by atoms with Crippen LogP contribution < -0.4 is 0 Å². The highest BCUT2D eigenvalue weighted by Crippen LogP contribution is 2.43. The van der Waals surface area contributed by atoms with Crippen LogP contribution in [-0.2, 0) is 38.5 Å². The van der Waals surface area contributed by atoms with Crippen LogP contribution in [-0.4, -0.2) is 0 Å². The Balaban J connectivity index is 1.81. The molecule has 208 valence electrons. The summed E-state index contributed by atoms with van der Waals surface area (Å²) < 4.78 is 0. The molecule has 0 saturated carbocycles. The molecular formula is C39H47N. The highest BCUT2D eigenvalue weighted by Gasteiger charge is 2.28. The van der Waals surface area contributed by atoms with Gasteiger partial charge in [0.15, 0.2) is 0 Å². The van der Waals surface area contributed by atoms with Crippen LogP contribution in [0.1, 0.15) is 129 Å². The van der Waals surface area contributed by atoms with Gasteiger partial charge in [-0.3, -0.25) is 0 Å². The lowest BCUT2D eigenvalue weighted by molar-refractivity contribution is 0.751. The fourth-order valence-electron chi connectivity index (χ4n) is 7.14. The van der Waals surface area contributed by atoms with Crippen molar-refractivity contribution in [3.8, 4) is 6.07 Å². The van der Waals surface area contributed by atoms with E-state index in [2.05, 4.69) is 76.2 Å². The maximum absolute atomic E-state index is 10.3. The smallest absolute Gasteiger partial charge is 0.0994 e. The molecule has 0 aliphatic heterocycles. The molecule has 0 atom stereocenters. The maximum Gasteiger partial charge on any atom is 0.0994 e. The van der Waals surface area contributed by atoms with Gasteiger partial charge in [-0.2, -0.15) is 5.26 Å². The minimum atomic E-state index is 0.940. The molecule has 5 rings (SSSR count). The molecule has 0 saturated heterocycles. The van der Waals surface area contributed by atoms with E-state index in [1.165, 1.54) is 76.8 Å². The molecule has 0 radical (unpaired) electrons. The first-order valence-electron chi connectivity index (χ1n) is 16.2. The number of benzene rings is 4. The normalized spacial score (nSPS) is 12.5. The number of nitriles is 1. The maximum atomic E-state index is 10.3. The summed E-state index contributed by atoms with van der Waals surface area (Å²) in [6.07, 6.45) is 16.0. The summed E-state index contributed by atoms with van der Waals surface area (Å²) >= 11 is 0. The molecule has 1 nitrogen and oxygen atoms in total. The number of unbranched alkanes of at least 4 members (excludes halogenated alkanes) is 4. The first-order valence-corrected chi connectivity index (χ1v) is 16.2. The molecule has 1 aliphatic rings. The lowest BCUT2D eigenvalue weighted by Crippen LogP contribution is -2.19. The van der Waals surface area contributed by atoms with Crippen LogP contribution in [0.4, 0.5) is 0 Å². The van der Waals surface area contributed by atoms with E-state index < -0.39 is 0 Å². The number of aryl methyl sites for hydroxylation is 3. The van der Waals surface area contributed by atoms with E-state index in [9.17, 15) is 5.26 Å². The second kappa shape index (κ2) is 13.0. The molecule has 0 heterocycles. The van der Waals surface area contributed by atoms with Crippen molar-refractivity contribution < 1.29 is 0 Å². The van der Waals surface area contributed by atoms with Crippen LogP contribution in [0.25, 0.3) is 21.5 Å². The molecule has 4 aromatic rings. The summed E-state index contributed by atoms with van der Waals surface area (Å²) in [7, 11) is 0. The van der Waals surface area contributed by atoms with Gasteiger partial charge in [0.05, 0.1) is 11.6 Å². The highest BCUT2D eigenvalue weighted by atomic mass is 14.3. The summed E-state index contributed by atoms with van der Waals surface area (Å²) in [5.41, 5.74) is 13.2. The average molecular weight is 530 g/mol. The van der Waals surface area contributed by atoms with Crippen LogP contribution in [0.15, 0.2) is 42.5 Å². The Bertz CT molecular complexity index is 1550. The van der Waals surface area contributed by atoms with E-state index in [0.29, 0.717) is 0 Å². The van der Waals surface area contributed by atoms with Crippen LogP contribution in [0.5, 0.6) is 0 Å². The Hall–Kier alpha value is -3.11. The molecule has 0 aromatic heterocycles. The van der Waals surface area contributed by atoms with Crippen molar-refractivity contribution in [3.05, 3.63) is 92.5 Å². The van der Waals surface area contributed by atoms with Crippen molar-refractivity contribution in [1.82, 2.24) is 0 Å². The number of hydrogen-bond donors (Lipinski definition) is 0. The van der Waals surface area contributed by atoms with Crippen molar-refractivity contribution in [2.24, 2.45) is 0 Å². The second-order valence-electron chi connectivity index (χ2n) is 12.1. The Morgan fingerprint density at radius 3 is 1.52 bits per heavy atom. The predicted octanol–water partition coefficient (Wildman–Crippen LogP) is 10.7. The third kappa shape index (κ3) is 5.43. The zero-order valence-corrected chi connectivity index (χ0v) is 25.4. The van der Waals surface area contributed by atoms with Gasteiger partial charge in [-0.15, -0.1) is 0 Å². The molecule has 0 amide bonds. The molecule has 0 unspecified atom stereocenters. The van der Waals surface area contributed by atoms with Gasteiger partial charge in [-0.25, -0.2) is 0 Å². The fourth-order valence-corrected chi connectivity index (χ4v) is 7.14. The fraction of sp³-hybridized carbons (Fsp3) is 0.462. The third-order valence-electron chi connectivity index (χ3n) is 9.36. The van der Waals surface area contributed by atoms with Crippen molar-refractivity contribution >= 4 is 21.5 Å². The van der Waals surface area contributed by atoms with Gasteiger partial charge < -0.3 is 0 Å². The summed E-state index contributed by atoms with van der Waals surface area (Å²) in [6, 6.07) is 18.8. The minimum absolute atomic E-state index is 0.940. The summed E-state index contributed by atoms with van der Waals surface area (Å²) in [5, 5.41) is 16.0. The molecule has 4 aromatic carbocycles.